The largest absolute Gasteiger partial charge is 0.436 e. The Balaban J connectivity index is 1.79. The smallest absolute Gasteiger partial charge is 0.219 e. The highest BCUT2D eigenvalue weighted by Crippen LogP contribution is 2.25. The Kier molecular flexibility index (Phi) is 4.15. The Bertz CT molecular complexity index is 626. The van der Waals surface area contributed by atoms with E-state index in [0.29, 0.717) is 11.9 Å². The molecular formula is C17H19FN2O. The van der Waals surface area contributed by atoms with E-state index in [2.05, 4.69) is 16.4 Å². The lowest BCUT2D eigenvalue weighted by atomic mass is 10.2. The van der Waals surface area contributed by atoms with Crippen LogP contribution >= 0.6 is 0 Å². The highest BCUT2D eigenvalue weighted by Gasteiger charge is 2.20. The second kappa shape index (κ2) is 6.22. The molecule has 1 aromatic heterocycles. The molecule has 3 nitrogen and oxygen atoms in total. The zero-order valence-electron chi connectivity index (χ0n) is 12.1. The van der Waals surface area contributed by atoms with Crippen molar-refractivity contribution in [2.45, 2.75) is 38.8 Å². The van der Waals surface area contributed by atoms with Gasteiger partial charge in [0.15, 0.2) is 11.6 Å². The minimum absolute atomic E-state index is 0.208. The van der Waals surface area contributed by atoms with E-state index in [-0.39, 0.29) is 11.6 Å². The molecule has 1 aromatic carbocycles. The van der Waals surface area contributed by atoms with Gasteiger partial charge in [-0.2, -0.15) is 0 Å². The summed E-state index contributed by atoms with van der Waals surface area (Å²) in [6.07, 6.45) is 3.33. The molecule has 2 aromatic rings. The molecule has 1 heterocycles. The molecule has 1 fully saturated rings. The van der Waals surface area contributed by atoms with Crippen LogP contribution in [0, 0.1) is 5.82 Å². The molecule has 110 valence electrons. The fourth-order valence-electron chi connectivity index (χ4n) is 2.15. The molecule has 0 radical (unpaired) electrons. The molecule has 0 bridgehead atoms. The third-order valence-corrected chi connectivity index (χ3v) is 3.50. The summed E-state index contributed by atoms with van der Waals surface area (Å²) in [4.78, 5) is 4.41. The van der Waals surface area contributed by atoms with Gasteiger partial charge in [0.1, 0.15) is 0 Å². The molecule has 0 aliphatic heterocycles. The molecule has 1 aliphatic rings. The Morgan fingerprint density at radius 1 is 1.29 bits per heavy atom. The first-order valence-electron chi connectivity index (χ1n) is 7.40. The van der Waals surface area contributed by atoms with E-state index in [0.717, 1.165) is 24.2 Å². The SMILES string of the molecule is CCc1cc(CNC2CC2)cc(Oc2ccccc2F)n1. The molecule has 21 heavy (non-hydrogen) atoms. The average molecular weight is 286 g/mol. The summed E-state index contributed by atoms with van der Waals surface area (Å²) in [7, 11) is 0. The predicted octanol–water partition coefficient (Wildman–Crippen LogP) is 3.83. The Morgan fingerprint density at radius 3 is 2.81 bits per heavy atom. The molecule has 0 atom stereocenters. The van der Waals surface area contributed by atoms with Crippen LogP contribution in [0.4, 0.5) is 4.39 Å². The maximum Gasteiger partial charge on any atom is 0.219 e. The van der Waals surface area contributed by atoms with Crippen LogP contribution in [0.25, 0.3) is 0 Å². The summed E-state index contributed by atoms with van der Waals surface area (Å²) in [5, 5.41) is 3.47. The van der Waals surface area contributed by atoms with Crippen LogP contribution in [-0.4, -0.2) is 11.0 Å². The first kappa shape index (κ1) is 14.0. The van der Waals surface area contributed by atoms with Crippen LogP contribution in [-0.2, 0) is 13.0 Å². The number of para-hydroxylation sites is 1. The second-order valence-corrected chi connectivity index (χ2v) is 5.35. The van der Waals surface area contributed by atoms with Gasteiger partial charge in [-0.25, -0.2) is 9.37 Å². The molecule has 4 heteroatoms. The summed E-state index contributed by atoms with van der Waals surface area (Å²) in [5.74, 6) is 0.283. The van der Waals surface area contributed by atoms with Crippen molar-refractivity contribution in [2.24, 2.45) is 0 Å². The molecule has 0 saturated heterocycles. The fourth-order valence-corrected chi connectivity index (χ4v) is 2.15. The summed E-state index contributed by atoms with van der Waals surface area (Å²) in [5.41, 5.74) is 2.08. The minimum Gasteiger partial charge on any atom is -0.436 e. The van der Waals surface area contributed by atoms with Crippen LogP contribution in [0.3, 0.4) is 0 Å². The summed E-state index contributed by atoms with van der Waals surface area (Å²) in [6.45, 7) is 2.85. The van der Waals surface area contributed by atoms with E-state index >= 15 is 0 Å². The van der Waals surface area contributed by atoms with Crippen molar-refractivity contribution in [3.63, 3.8) is 0 Å². The zero-order valence-corrected chi connectivity index (χ0v) is 12.1. The van der Waals surface area contributed by atoms with Gasteiger partial charge < -0.3 is 10.1 Å². The summed E-state index contributed by atoms with van der Waals surface area (Å²) in [6, 6.07) is 11.0. The normalized spacial score (nSPS) is 14.2. The fraction of sp³-hybridized carbons (Fsp3) is 0.353. The van der Waals surface area contributed by atoms with E-state index < -0.39 is 0 Å². The number of aryl methyl sites for hydroxylation is 1. The Hall–Kier alpha value is -1.94. The minimum atomic E-state index is -0.376. The van der Waals surface area contributed by atoms with Gasteiger partial charge in [0, 0.05) is 24.3 Å². The lowest BCUT2D eigenvalue weighted by Gasteiger charge is -2.10. The van der Waals surface area contributed by atoms with Crippen LogP contribution in [0.15, 0.2) is 36.4 Å². The number of pyridine rings is 1. The number of rotatable bonds is 6. The predicted molar refractivity (Wildman–Crippen MR) is 80.0 cm³/mol. The van der Waals surface area contributed by atoms with Gasteiger partial charge in [-0.3, -0.25) is 0 Å². The van der Waals surface area contributed by atoms with Crippen molar-refractivity contribution in [3.05, 3.63) is 53.5 Å². The number of benzene rings is 1. The van der Waals surface area contributed by atoms with E-state index in [9.17, 15) is 4.39 Å². The lowest BCUT2D eigenvalue weighted by molar-refractivity contribution is 0.425. The number of nitrogens with one attached hydrogen (secondary N) is 1. The maximum absolute atomic E-state index is 13.7. The van der Waals surface area contributed by atoms with Gasteiger partial charge in [0.05, 0.1) is 0 Å². The number of aromatic nitrogens is 1. The lowest BCUT2D eigenvalue weighted by Crippen LogP contribution is -2.15. The van der Waals surface area contributed by atoms with Gasteiger partial charge in [-0.05, 0) is 43.0 Å². The number of ether oxygens (including phenoxy) is 1. The van der Waals surface area contributed by atoms with Crippen molar-refractivity contribution in [2.75, 3.05) is 0 Å². The Morgan fingerprint density at radius 2 is 2.10 bits per heavy atom. The number of hydrogen-bond donors (Lipinski definition) is 1. The van der Waals surface area contributed by atoms with Crippen molar-refractivity contribution in [1.82, 2.24) is 10.3 Å². The van der Waals surface area contributed by atoms with Gasteiger partial charge in [0.25, 0.3) is 0 Å². The zero-order chi connectivity index (χ0) is 14.7. The molecule has 1 N–H and O–H groups in total. The van der Waals surface area contributed by atoms with Crippen LogP contribution in [0.5, 0.6) is 11.6 Å². The highest BCUT2D eigenvalue weighted by molar-refractivity contribution is 5.31. The molecule has 0 amide bonds. The van der Waals surface area contributed by atoms with Crippen molar-refractivity contribution in [3.8, 4) is 11.6 Å². The monoisotopic (exact) mass is 286 g/mol. The summed E-state index contributed by atoms with van der Waals surface area (Å²) < 4.78 is 19.3. The number of hydrogen-bond acceptors (Lipinski definition) is 3. The topological polar surface area (TPSA) is 34.1 Å². The average Bonchev–Trinajstić information content (AvgIpc) is 3.31. The third kappa shape index (κ3) is 3.79. The van der Waals surface area contributed by atoms with Crippen LogP contribution in [0.1, 0.15) is 31.0 Å². The molecule has 1 aliphatic carbocycles. The maximum atomic E-state index is 13.7. The van der Waals surface area contributed by atoms with Crippen LogP contribution in [0.2, 0.25) is 0 Å². The van der Waals surface area contributed by atoms with E-state index in [1.54, 1.807) is 18.2 Å². The van der Waals surface area contributed by atoms with Crippen molar-refractivity contribution in [1.29, 1.82) is 0 Å². The third-order valence-electron chi connectivity index (χ3n) is 3.50. The van der Waals surface area contributed by atoms with Gasteiger partial charge in [-0.1, -0.05) is 19.1 Å². The standard InChI is InChI=1S/C17H19FN2O/c1-2-13-9-12(11-19-14-7-8-14)10-17(20-13)21-16-6-4-3-5-15(16)18/h3-6,9-10,14,19H,2,7-8,11H2,1H3. The first-order valence-corrected chi connectivity index (χ1v) is 7.40. The van der Waals surface area contributed by atoms with E-state index in [1.807, 2.05) is 13.0 Å². The number of nitrogens with zero attached hydrogens (tertiary/aromatic N) is 1. The highest BCUT2D eigenvalue weighted by atomic mass is 19.1. The molecular weight excluding hydrogens is 267 g/mol. The van der Waals surface area contributed by atoms with E-state index in [1.165, 1.54) is 18.9 Å². The van der Waals surface area contributed by atoms with Gasteiger partial charge in [-0.15, -0.1) is 0 Å². The Labute approximate surface area is 124 Å². The quantitative estimate of drug-likeness (QED) is 0.876. The molecule has 1 saturated carbocycles. The summed E-state index contributed by atoms with van der Waals surface area (Å²) >= 11 is 0. The van der Waals surface area contributed by atoms with Gasteiger partial charge >= 0.3 is 0 Å². The number of halogens is 1. The van der Waals surface area contributed by atoms with Crippen LogP contribution < -0.4 is 10.1 Å². The first-order chi connectivity index (χ1) is 10.2. The molecule has 0 unspecified atom stereocenters. The van der Waals surface area contributed by atoms with Crippen molar-refractivity contribution < 1.29 is 9.13 Å². The van der Waals surface area contributed by atoms with E-state index in [4.69, 9.17) is 4.74 Å². The van der Waals surface area contributed by atoms with Gasteiger partial charge in [0.2, 0.25) is 5.88 Å². The second-order valence-electron chi connectivity index (χ2n) is 5.35. The molecule has 0 spiro atoms. The van der Waals surface area contributed by atoms with Crippen molar-refractivity contribution >= 4 is 0 Å². The molecule has 3 rings (SSSR count).